The minimum atomic E-state index is 0. The lowest BCUT2D eigenvalue weighted by molar-refractivity contribution is 0.193. The molecule has 2 aromatic rings. The Morgan fingerprint density at radius 1 is 1.30 bits per heavy atom. The summed E-state index contributed by atoms with van der Waals surface area (Å²) in [6.45, 7) is 12.0. The number of rotatable bonds is 9. The lowest BCUT2D eigenvalue weighted by atomic mass is 10.2. The Labute approximate surface area is 183 Å². The number of aliphatic imine (C=N–C) groups is 1. The highest BCUT2D eigenvalue weighted by atomic mass is 127. The van der Waals surface area contributed by atoms with E-state index < -0.39 is 0 Å². The highest BCUT2D eigenvalue weighted by molar-refractivity contribution is 14.0. The average molecular weight is 505 g/mol. The lowest BCUT2D eigenvalue weighted by Crippen LogP contribution is -2.42. The molecule has 2 rings (SSSR count). The van der Waals surface area contributed by atoms with Crippen molar-refractivity contribution in [3.63, 3.8) is 0 Å². The fourth-order valence-electron chi connectivity index (χ4n) is 2.80. The number of furan rings is 1. The van der Waals surface area contributed by atoms with Crippen molar-refractivity contribution in [3.8, 4) is 0 Å². The highest BCUT2D eigenvalue weighted by Gasteiger charge is 2.20. The first-order valence-corrected chi connectivity index (χ1v) is 10.1. The molecule has 27 heavy (non-hydrogen) atoms. The maximum atomic E-state index is 5.65. The van der Waals surface area contributed by atoms with Gasteiger partial charge < -0.3 is 15.1 Å². The number of hydrogen-bond acceptors (Lipinski definition) is 5. The van der Waals surface area contributed by atoms with Gasteiger partial charge in [-0.2, -0.15) is 0 Å². The number of nitrogens with zero attached hydrogens (tertiary/aromatic N) is 3. The summed E-state index contributed by atoms with van der Waals surface area (Å²) in [5.41, 5.74) is 1.15. The van der Waals surface area contributed by atoms with Crippen molar-refractivity contribution in [3.05, 3.63) is 40.2 Å². The summed E-state index contributed by atoms with van der Waals surface area (Å²) >= 11 is 1.69. The van der Waals surface area contributed by atoms with Crippen molar-refractivity contribution in [2.24, 2.45) is 4.99 Å². The minimum absolute atomic E-state index is 0. The van der Waals surface area contributed by atoms with Crippen LogP contribution in [0.3, 0.4) is 0 Å². The number of hydrogen-bond donors (Lipinski definition) is 2. The van der Waals surface area contributed by atoms with Gasteiger partial charge in [0.1, 0.15) is 10.8 Å². The third-order valence-corrected chi connectivity index (χ3v) is 5.25. The molecule has 2 aromatic heterocycles. The van der Waals surface area contributed by atoms with Gasteiger partial charge in [-0.05, 0) is 31.1 Å². The van der Waals surface area contributed by atoms with Gasteiger partial charge in [-0.1, -0.05) is 27.7 Å². The van der Waals surface area contributed by atoms with Gasteiger partial charge in [-0.15, -0.1) is 35.3 Å². The molecule has 2 N–H and O–H groups in total. The van der Waals surface area contributed by atoms with Gasteiger partial charge in [0.25, 0.3) is 0 Å². The fraction of sp³-hybridized carbons (Fsp3) is 0.579. The Hall–Kier alpha value is -1.13. The number of nitrogens with one attached hydrogen (secondary N) is 2. The Kier molecular flexibility index (Phi) is 10.9. The van der Waals surface area contributed by atoms with Crippen molar-refractivity contribution in [2.75, 3.05) is 26.7 Å². The minimum Gasteiger partial charge on any atom is -0.468 e. The van der Waals surface area contributed by atoms with Crippen molar-refractivity contribution in [1.82, 2.24) is 20.5 Å². The Morgan fingerprint density at radius 2 is 2.04 bits per heavy atom. The van der Waals surface area contributed by atoms with Gasteiger partial charge in [0, 0.05) is 19.0 Å². The Morgan fingerprint density at radius 3 is 2.56 bits per heavy atom. The molecule has 0 aromatic carbocycles. The van der Waals surface area contributed by atoms with Gasteiger partial charge >= 0.3 is 0 Å². The molecule has 0 aliphatic heterocycles. The summed E-state index contributed by atoms with van der Waals surface area (Å²) in [5, 5.41) is 9.97. The van der Waals surface area contributed by atoms with E-state index in [0.717, 1.165) is 42.1 Å². The van der Waals surface area contributed by atoms with Crippen LogP contribution in [0.5, 0.6) is 0 Å². The molecule has 6 nitrogen and oxygen atoms in total. The molecule has 0 bridgehead atoms. The van der Waals surface area contributed by atoms with Gasteiger partial charge in [0.15, 0.2) is 5.96 Å². The number of thiazole rings is 1. The van der Waals surface area contributed by atoms with Crippen LogP contribution in [-0.4, -0.2) is 42.5 Å². The van der Waals surface area contributed by atoms with Crippen LogP contribution in [0.2, 0.25) is 0 Å². The summed E-state index contributed by atoms with van der Waals surface area (Å²) in [7, 11) is 1.79. The molecule has 0 spiro atoms. The summed E-state index contributed by atoms with van der Waals surface area (Å²) in [6, 6.07) is 4.14. The second kappa shape index (κ2) is 12.4. The van der Waals surface area contributed by atoms with Crippen LogP contribution in [0.4, 0.5) is 0 Å². The fourth-order valence-corrected chi connectivity index (χ4v) is 3.69. The van der Waals surface area contributed by atoms with Crippen LogP contribution in [0.1, 0.15) is 56.1 Å². The Bertz CT molecular complexity index is 667. The monoisotopic (exact) mass is 505 g/mol. The lowest BCUT2D eigenvalue weighted by Gasteiger charge is -2.28. The average Bonchev–Trinajstić information content (AvgIpc) is 3.32. The van der Waals surface area contributed by atoms with Crippen molar-refractivity contribution in [1.29, 1.82) is 0 Å². The van der Waals surface area contributed by atoms with Crippen molar-refractivity contribution < 1.29 is 4.42 Å². The quantitative estimate of drug-likeness (QED) is 0.304. The summed E-state index contributed by atoms with van der Waals surface area (Å²) in [6.07, 6.45) is 1.73. The van der Waals surface area contributed by atoms with Crippen LogP contribution in [0.25, 0.3) is 0 Å². The number of aromatic nitrogens is 1. The zero-order valence-corrected chi connectivity index (χ0v) is 20.0. The highest BCUT2D eigenvalue weighted by Crippen LogP contribution is 2.20. The van der Waals surface area contributed by atoms with E-state index in [1.54, 1.807) is 24.6 Å². The van der Waals surface area contributed by atoms with E-state index in [1.807, 2.05) is 12.1 Å². The molecule has 0 aliphatic carbocycles. The molecule has 0 amide bonds. The van der Waals surface area contributed by atoms with Crippen LogP contribution in [0, 0.1) is 0 Å². The third kappa shape index (κ3) is 7.08. The first-order chi connectivity index (χ1) is 12.6. The molecule has 152 valence electrons. The van der Waals surface area contributed by atoms with Gasteiger partial charge in [-0.25, -0.2) is 4.98 Å². The standard InChI is InChI=1S/C19H31N5OS.HI/c1-6-24(7-2)16(17-9-8-10-25-17)11-21-19(20-5)22-12-18-23-15(13-26-18)14(3)4;/h8-10,13-14,16H,6-7,11-12H2,1-5H3,(H2,20,21,22);1H. The summed E-state index contributed by atoms with van der Waals surface area (Å²) in [5.74, 6) is 2.20. The van der Waals surface area contributed by atoms with E-state index >= 15 is 0 Å². The smallest absolute Gasteiger partial charge is 0.191 e. The predicted molar refractivity (Wildman–Crippen MR) is 124 cm³/mol. The van der Waals surface area contributed by atoms with E-state index in [9.17, 15) is 0 Å². The molecule has 0 saturated carbocycles. The van der Waals surface area contributed by atoms with Crippen LogP contribution < -0.4 is 10.6 Å². The van der Waals surface area contributed by atoms with E-state index in [-0.39, 0.29) is 30.0 Å². The first kappa shape index (κ1) is 23.9. The maximum Gasteiger partial charge on any atom is 0.191 e. The SMILES string of the molecule is CCN(CC)C(CNC(=NC)NCc1nc(C(C)C)cs1)c1ccco1.I. The van der Waals surface area contributed by atoms with Gasteiger partial charge in [0.2, 0.25) is 0 Å². The van der Waals surface area contributed by atoms with E-state index in [1.165, 1.54) is 0 Å². The molecular weight excluding hydrogens is 473 g/mol. The summed E-state index contributed by atoms with van der Waals surface area (Å²) in [4.78, 5) is 11.4. The molecule has 1 atom stereocenters. The van der Waals surface area contributed by atoms with Gasteiger partial charge in [0.05, 0.1) is 24.5 Å². The van der Waals surface area contributed by atoms with Crippen molar-refractivity contribution in [2.45, 2.75) is 46.2 Å². The second-order valence-electron chi connectivity index (χ2n) is 6.38. The summed E-state index contributed by atoms with van der Waals surface area (Å²) < 4.78 is 5.65. The Balaban J connectivity index is 0.00000364. The molecule has 0 fully saturated rings. The van der Waals surface area contributed by atoms with Crippen LogP contribution in [-0.2, 0) is 6.54 Å². The topological polar surface area (TPSA) is 65.7 Å². The molecule has 1 unspecified atom stereocenters. The first-order valence-electron chi connectivity index (χ1n) is 9.25. The molecule has 0 aliphatic rings. The van der Waals surface area contributed by atoms with Crippen LogP contribution >= 0.6 is 35.3 Å². The molecule has 2 heterocycles. The molecular formula is C19H32IN5OS. The number of guanidine groups is 1. The molecule has 0 radical (unpaired) electrons. The predicted octanol–water partition coefficient (Wildman–Crippen LogP) is 4.23. The van der Waals surface area contributed by atoms with Crippen molar-refractivity contribution >= 4 is 41.3 Å². The van der Waals surface area contributed by atoms with Crippen LogP contribution in [0.15, 0.2) is 33.2 Å². The van der Waals surface area contributed by atoms with E-state index in [0.29, 0.717) is 12.5 Å². The molecule has 0 saturated heterocycles. The zero-order chi connectivity index (χ0) is 18.9. The maximum absolute atomic E-state index is 5.65. The third-order valence-electron chi connectivity index (χ3n) is 4.38. The van der Waals surface area contributed by atoms with E-state index in [4.69, 9.17) is 4.42 Å². The second-order valence-corrected chi connectivity index (χ2v) is 7.32. The zero-order valence-electron chi connectivity index (χ0n) is 16.9. The molecule has 8 heteroatoms. The van der Waals surface area contributed by atoms with E-state index in [2.05, 4.69) is 58.6 Å². The normalized spacial score (nSPS) is 12.9. The largest absolute Gasteiger partial charge is 0.468 e. The van der Waals surface area contributed by atoms with Gasteiger partial charge in [-0.3, -0.25) is 9.89 Å². The number of halogens is 1. The number of likely N-dealkylation sites (N-methyl/N-ethyl adjacent to an activating group) is 1.